The number of hydrogen-bond acceptors (Lipinski definition) is 2. The SMILES string of the molecule is CCCCN(CCN)C(=O)C1CCCC(C(F)(F)F)C1. The maximum absolute atomic E-state index is 12.8. The number of amides is 1. The number of unbranched alkanes of at least 4 members (excludes halogenated alkanes) is 1. The first kappa shape index (κ1) is 17.3. The number of alkyl halides is 3. The molecule has 1 aliphatic rings. The van der Waals surface area contributed by atoms with Crippen molar-refractivity contribution in [3.8, 4) is 0 Å². The fourth-order valence-corrected chi connectivity index (χ4v) is 2.81. The van der Waals surface area contributed by atoms with E-state index in [2.05, 4.69) is 0 Å². The quantitative estimate of drug-likeness (QED) is 0.818. The van der Waals surface area contributed by atoms with Crippen LogP contribution in [0, 0.1) is 11.8 Å². The minimum absolute atomic E-state index is 0.0600. The highest BCUT2D eigenvalue weighted by atomic mass is 19.4. The zero-order valence-corrected chi connectivity index (χ0v) is 12.1. The van der Waals surface area contributed by atoms with E-state index in [0.29, 0.717) is 32.5 Å². The lowest BCUT2D eigenvalue weighted by atomic mass is 9.80. The van der Waals surface area contributed by atoms with Crippen molar-refractivity contribution in [2.24, 2.45) is 17.6 Å². The first-order chi connectivity index (χ1) is 9.40. The third-order valence-electron chi connectivity index (χ3n) is 3.98. The lowest BCUT2D eigenvalue weighted by Crippen LogP contribution is -2.42. The van der Waals surface area contributed by atoms with Gasteiger partial charge in [-0.3, -0.25) is 4.79 Å². The minimum Gasteiger partial charge on any atom is -0.341 e. The fraction of sp³-hybridized carbons (Fsp3) is 0.929. The summed E-state index contributed by atoms with van der Waals surface area (Å²) in [6, 6.07) is 0. The summed E-state index contributed by atoms with van der Waals surface area (Å²) in [6.45, 7) is 3.40. The van der Waals surface area contributed by atoms with Crippen LogP contribution < -0.4 is 5.73 Å². The zero-order valence-electron chi connectivity index (χ0n) is 12.1. The monoisotopic (exact) mass is 294 g/mol. The Balaban J connectivity index is 2.63. The number of hydrogen-bond donors (Lipinski definition) is 1. The van der Waals surface area contributed by atoms with E-state index in [1.54, 1.807) is 4.90 Å². The van der Waals surface area contributed by atoms with Gasteiger partial charge in [0.05, 0.1) is 5.92 Å². The standard InChI is InChI=1S/C14H25F3N2O/c1-2-3-8-19(9-7-18)13(20)11-5-4-6-12(10-11)14(15,16)17/h11-12H,2-10,18H2,1H3. The second-order valence-corrected chi connectivity index (χ2v) is 5.57. The fourth-order valence-electron chi connectivity index (χ4n) is 2.81. The first-order valence-corrected chi connectivity index (χ1v) is 7.45. The van der Waals surface area contributed by atoms with Crippen LogP contribution >= 0.6 is 0 Å². The molecule has 0 spiro atoms. The van der Waals surface area contributed by atoms with Gasteiger partial charge < -0.3 is 10.6 Å². The minimum atomic E-state index is -4.18. The normalized spacial score (nSPS) is 23.6. The van der Waals surface area contributed by atoms with E-state index in [1.807, 2.05) is 6.92 Å². The van der Waals surface area contributed by atoms with Gasteiger partial charge >= 0.3 is 6.18 Å². The van der Waals surface area contributed by atoms with E-state index in [-0.39, 0.29) is 18.7 Å². The molecule has 1 amide bonds. The van der Waals surface area contributed by atoms with Crippen LogP contribution in [0.4, 0.5) is 13.2 Å². The van der Waals surface area contributed by atoms with E-state index in [9.17, 15) is 18.0 Å². The Morgan fingerprint density at radius 2 is 2.00 bits per heavy atom. The number of nitrogens with zero attached hydrogens (tertiary/aromatic N) is 1. The molecule has 6 heteroatoms. The Bertz CT molecular complexity index is 307. The summed E-state index contributed by atoms with van der Waals surface area (Å²) < 4.78 is 38.4. The van der Waals surface area contributed by atoms with Gasteiger partial charge in [-0.2, -0.15) is 13.2 Å². The van der Waals surface area contributed by atoms with Crippen molar-refractivity contribution in [2.75, 3.05) is 19.6 Å². The molecule has 1 rings (SSSR count). The summed E-state index contributed by atoms with van der Waals surface area (Å²) in [4.78, 5) is 14.0. The molecule has 0 heterocycles. The highest BCUT2D eigenvalue weighted by Gasteiger charge is 2.44. The van der Waals surface area contributed by atoms with Crippen molar-refractivity contribution in [3.63, 3.8) is 0 Å². The van der Waals surface area contributed by atoms with Crippen molar-refractivity contribution in [1.29, 1.82) is 0 Å². The van der Waals surface area contributed by atoms with Crippen molar-refractivity contribution in [3.05, 3.63) is 0 Å². The Kier molecular flexibility index (Phi) is 6.79. The first-order valence-electron chi connectivity index (χ1n) is 7.45. The highest BCUT2D eigenvalue weighted by Crippen LogP contribution is 2.40. The largest absolute Gasteiger partial charge is 0.391 e. The second kappa shape index (κ2) is 7.86. The summed E-state index contributed by atoms with van der Waals surface area (Å²) in [5, 5.41) is 0. The lowest BCUT2D eigenvalue weighted by Gasteiger charge is -2.33. The van der Waals surface area contributed by atoms with Crippen LogP contribution in [0.2, 0.25) is 0 Å². The summed E-state index contributed by atoms with van der Waals surface area (Å²) in [6.07, 6.45) is -1.23. The van der Waals surface area contributed by atoms with Gasteiger partial charge in [-0.1, -0.05) is 19.8 Å². The molecule has 20 heavy (non-hydrogen) atoms. The van der Waals surface area contributed by atoms with Gasteiger partial charge in [0.15, 0.2) is 0 Å². The van der Waals surface area contributed by atoms with Crippen molar-refractivity contribution in [1.82, 2.24) is 4.90 Å². The van der Waals surface area contributed by atoms with Gasteiger partial charge in [0.1, 0.15) is 0 Å². The maximum Gasteiger partial charge on any atom is 0.391 e. The molecule has 2 atom stereocenters. The van der Waals surface area contributed by atoms with Gasteiger partial charge in [-0.15, -0.1) is 0 Å². The second-order valence-electron chi connectivity index (χ2n) is 5.57. The molecule has 1 saturated carbocycles. The van der Waals surface area contributed by atoms with Crippen molar-refractivity contribution in [2.45, 2.75) is 51.6 Å². The molecule has 118 valence electrons. The summed E-state index contributed by atoms with van der Waals surface area (Å²) in [7, 11) is 0. The van der Waals surface area contributed by atoms with Gasteiger partial charge in [0.2, 0.25) is 5.91 Å². The van der Waals surface area contributed by atoms with Crippen molar-refractivity contribution >= 4 is 5.91 Å². The number of halogens is 3. The Labute approximate surface area is 118 Å². The van der Waals surface area contributed by atoms with Crippen LogP contribution in [0.1, 0.15) is 45.4 Å². The zero-order chi connectivity index (χ0) is 15.2. The third kappa shape index (κ3) is 4.96. The third-order valence-corrected chi connectivity index (χ3v) is 3.98. The van der Waals surface area contributed by atoms with E-state index in [0.717, 1.165) is 12.8 Å². The average molecular weight is 294 g/mol. The predicted molar refractivity (Wildman–Crippen MR) is 72.0 cm³/mol. The number of carbonyl (C=O) groups is 1. The van der Waals surface area contributed by atoms with E-state index >= 15 is 0 Å². The van der Waals surface area contributed by atoms with Crippen LogP contribution in [0.3, 0.4) is 0 Å². The van der Waals surface area contributed by atoms with E-state index in [4.69, 9.17) is 5.73 Å². The molecule has 1 aliphatic carbocycles. The average Bonchev–Trinajstić information content (AvgIpc) is 2.42. The lowest BCUT2D eigenvalue weighted by molar-refractivity contribution is -0.187. The van der Waals surface area contributed by atoms with Gasteiger partial charge in [0, 0.05) is 25.6 Å². The molecular formula is C14H25F3N2O. The van der Waals surface area contributed by atoms with Crippen LogP contribution in [-0.4, -0.2) is 36.6 Å². The van der Waals surface area contributed by atoms with Gasteiger partial charge in [-0.05, 0) is 25.7 Å². The molecule has 0 aliphatic heterocycles. The van der Waals surface area contributed by atoms with Crippen LogP contribution in [-0.2, 0) is 4.79 Å². The molecular weight excluding hydrogens is 269 g/mol. The summed E-state index contributed by atoms with van der Waals surface area (Å²) >= 11 is 0. The van der Waals surface area contributed by atoms with E-state index in [1.165, 1.54) is 0 Å². The number of rotatable bonds is 6. The molecule has 1 fully saturated rings. The van der Waals surface area contributed by atoms with Crippen LogP contribution in [0.25, 0.3) is 0 Å². The van der Waals surface area contributed by atoms with E-state index < -0.39 is 18.0 Å². The molecule has 0 radical (unpaired) electrons. The van der Waals surface area contributed by atoms with Gasteiger partial charge in [-0.25, -0.2) is 0 Å². The van der Waals surface area contributed by atoms with Crippen LogP contribution in [0.15, 0.2) is 0 Å². The molecule has 3 nitrogen and oxygen atoms in total. The summed E-state index contributed by atoms with van der Waals surface area (Å²) in [5.41, 5.74) is 5.49. The Hall–Kier alpha value is -0.780. The maximum atomic E-state index is 12.8. The highest BCUT2D eigenvalue weighted by molar-refractivity contribution is 5.79. The topological polar surface area (TPSA) is 46.3 Å². The molecule has 0 aromatic heterocycles. The van der Waals surface area contributed by atoms with Crippen molar-refractivity contribution < 1.29 is 18.0 Å². The number of carbonyl (C=O) groups excluding carboxylic acids is 1. The molecule has 2 N–H and O–H groups in total. The molecule has 0 aromatic carbocycles. The Morgan fingerprint density at radius 3 is 2.55 bits per heavy atom. The molecule has 0 aromatic rings. The smallest absolute Gasteiger partial charge is 0.341 e. The number of nitrogens with two attached hydrogens (primary N) is 1. The molecule has 2 unspecified atom stereocenters. The Morgan fingerprint density at radius 1 is 1.30 bits per heavy atom. The van der Waals surface area contributed by atoms with Gasteiger partial charge in [0.25, 0.3) is 0 Å². The molecule has 0 saturated heterocycles. The van der Waals surface area contributed by atoms with Crippen LogP contribution in [0.5, 0.6) is 0 Å². The molecule has 0 bridgehead atoms. The predicted octanol–water partition coefficient (Wildman–Crippen LogP) is 2.94. The summed E-state index contributed by atoms with van der Waals surface area (Å²) in [5.74, 6) is -1.95.